The molecule has 41 heteroatoms. The number of alkyl halides is 3. The molecule has 0 radical (unpaired) electrons. The summed E-state index contributed by atoms with van der Waals surface area (Å²) in [7, 11) is -6.24. The number of rotatable bonds is 10. The van der Waals surface area contributed by atoms with Crippen molar-refractivity contribution in [2.45, 2.75) is 305 Å². The number of amides is 15. The van der Waals surface area contributed by atoms with Crippen LogP contribution >= 0.6 is 12.4 Å². The summed E-state index contributed by atoms with van der Waals surface area (Å²) in [5.41, 5.74) is 1.85. The minimum atomic E-state index is -5.74. The highest BCUT2D eigenvalue weighted by Crippen LogP contribution is 2.48. The summed E-state index contributed by atoms with van der Waals surface area (Å²) in [5, 5.41) is 12.8. The smallest absolute Gasteiger partial charge is 0.444 e. The van der Waals surface area contributed by atoms with Gasteiger partial charge in [-0.15, -0.1) is 12.4 Å². The number of piperidine rings is 6. The second kappa shape index (κ2) is 41.1. The fourth-order valence-corrected chi connectivity index (χ4v) is 20.9. The summed E-state index contributed by atoms with van der Waals surface area (Å²) in [5.74, 6) is -3.01. The van der Waals surface area contributed by atoms with Gasteiger partial charge in [-0.3, -0.25) is 78.8 Å². The highest BCUT2D eigenvalue weighted by atomic mass is 35.5. The Bertz CT molecular complexity index is 5960. The fourth-order valence-electron chi connectivity index (χ4n) is 20.3. The Morgan fingerprint density at radius 3 is 1.13 bits per heavy atom. The van der Waals surface area contributed by atoms with E-state index in [9.17, 15) is 93.5 Å². The molecule has 0 saturated carbocycles. The van der Waals surface area contributed by atoms with Crippen LogP contribution in [0.2, 0.25) is 0 Å². The number of carbonyl (C=O) groups excluding carboxylic acids is 15. The van der Waals surface area contributed by atoms with E-state index >= 15 is 0 Å². The first kappa shape index (κ1) is 110. The van der Waals surface area contributed by atoms with Crippen molar-refractivity contribution in [1.29, 1.82) is 0 Å². The van der Waals surface area contributed by atoms with E-state index in [4.69, 9.17) is 23.5 Å². The van der Waals surface area contributed by atoms with Gasteiger partial charge in [-0.25, -0.2) is 14.4 Å². The van der Waals surface area contributed by atoms with Crippen LogP contribution in [0.25, 0.3) is 5.57 Å². The number of hydrogen-bond acceptors (Lipinski definition) is 24. The van der Waals surface area contributed by atoms with Crippen LogP contribution in [0.1, 0.15) is 302 Å². The molecular formula is C102H133BClF3N12O23S. The standard InChI is InChI=1S/C25H33N3O5.C25H31N3O5.C20H25N3O3.C19H23BN2O5.C13H20F3NO5S.ClH/c2*1-24(2,3)33-23(32)27-11-10-18(25(4,5)14-27)15-6-7-17-16(12-15)13-28(22(17)31)19-8-9-20(29)26-21(19)30;1-20(2)11-21-8-7-15(20)12-3-4-14-13(9-12)10-23(19(14)26)16-5-6-17(24)22-18(16)25;1-18(2)19(3,4)27-20(26-18)12-5-6-13-11(9-12)10-22(17(13)25)14-7-8-15(23)21-16(14)24;1-11(2,3)21-10(18)17-7-6-9(12(4,5)8-17)22-23(19,20)13(14,15)16;/h6-7,12,18-19H,8-11,13-14H2,1-5H3,(H,26,29,30);6-7,10,12,19H,8-9,11,13-14H2,1-5H3,(H,26,29,30);3-4,9,15-16,21H,5-8,10-11H2,1-2H3,(H,22,24,25);5-6,9,14H,7-8,10H2,1-4H3,(H,21,23,24);6H,7-8H2,1-5H3;1H. The second-order valence-electron chi connectivity index (χ2n) is 45.2. The highest BCUT2D eigenvalue weighted by Gasteiger charge is 2.55. The van der Waals surface area contributed by atoms with Gasteiger partial charge in [-0.2, -0.15) is 21.6 Å². The molecule has 7 fully saturated rings. The number of carbonyl (C=O) groups is 15. The zero-order valence-corrected chi connectivity index (χ0v) is 86.8. The molecule has 776 valence electrons. The minimum absolute atomic E-state index is 0. The Morgan fingerprint density at radius 2 is 0.776 bits per heavy atom. The summed E-state index contributed by atoms with van der Waals surface area (Å²) >= 11 is 0. The largest absolute Gasteiger partial charge is 0.534 e. The monoisotopic (exact) mass is 2030 g/mol. The van der Waals surface area contributed by atoms with Gasteiger partial charge >= 0.3 is 41.0 Å². The summed E-state index contributed by atoms with van der Waals surface area (Å²) in [6.45, 7) is 45.7. The van der Waals surface area contributed by atoms with Crippen molar-refractivity contribution >= 4 is 130 Å². The van der Waals surface area contributed by atoms with Gasteiger partial charge in [0, 0.05) is 131 Å². The zero-order valence-electron chi connectivity index (χ0n) is 85.2. The summed E-state index contributed by atoms with van der Waals surface area (Å²) in [6.07, 6.45) is 6.27. The molecule has 17 rings (SSSR count). The van der Waals surface area contributed by atoms with E-state index in [-0.39, 0.29) is 144 Å². The fraction of sp³-hybridized carbons (Fsp3) is 0.578. The van der Waals surface area contributed by atoms with Crippen LogP contribution in [-0.4, -0.2) is 249 Å². The lowest BCUT2D eigenvalue weighted by Crippen LogP contribution is -2.52. The van der Waals surface area contributed by atoms with E-state index in [1.807, 2.05) is 124 Å². The third kappa shape index (κ3) is 24.8. The molecule has 13 aliphatic rings. The number of imide groups is 4. The summed E-state index contributed by atoms with van der Waals surface area (Å²) in [4.78, 5) is 194. The Kier molecular flexibility index (Phi) is 31.7. The molecule has 4 aromatic carbocycles. The van der Waals surface area contributed by atoms with Crippen LogP contribution in [0.3, 0.4) is 0 Å². The van der Waals surface area contributed by atoms with Crippen molar-refractivity contribution in [2.75, 3.05) is 52.4 Å². The second-order valence-corrected chi connectivity index (χ2v) is 46.7. The molecule has 143 heavy (non-hydrogen) atoms. The maximum absolute atomic E-state index is 13.0. The lowest BCUT2D eigenvalue weighted by molar-refractivity contribution is -0.138. The van der Waals surface area contributed by atoms with Gasteiger partial charge in [0.05, 0.1) is 11.2 Å². The number of hydrogen-bond donors (Lipinski definition) is 5. The molecule has 0 aliphatic carbocycles. The number of ether oxygens (including phenoxy) is 3. The topological polar surface area (TPSA) is 428 Å². The third-order valence-corrected chi connectivity index (χ3v) is 29.2. The average Bonchev–Trinajstić information content (AvgIpc) is 1.36. The quantitative estimate of drug-likeness (QED) is 0.0324. The molecule has 0 bridgehead atoms. The van der Waals surface area contributed by atoms with Gasteiger partial charge < -0.3 is 67.3 Å². The lowest BCUT2D eigenvalue weighted by Gasteiger charge is -2.44. The Labute approximate surface area is 838 Å². The summed E-state index contributed by atoms with van der Waals surface area (Å²) in [6, 6.07) is 21.0. The van der Waals surface area contributed by atoms with E-state index in [1.54, 1.807) is 56.2 Å². The first-order valence-electron chi connectivity index (χ1n) is 48.2. The van der Waals surface area contributed by atoms with Crippen molar-refractivity contribution < 1.29 is 121 Å². The van der Waals surface area contributed by atoms with Crippen LogP contribution in [-0.2, 0) is 102 Å². The van der Waals surface area contributed by atoms with E-state index < -0.39 is 104 Å². The minimum Gasteiger partial charge on any atom is -0.444 e. The van der Waals surface area contributed by atoms with Gasteiger partial charge in [-0.1, -0.05) is 104 Å². The SMILES string of the molecule is CC(C)(C)OC(=O)N1CC=C(OS(=O)(=O)C(F)(F)F)C(C)(C)C1.CC(C)(C)OC(=O)N1CC=C(c2ccc3c(c2)CN(C2CCC(=O)NC2=O)C3=O)C(C)(C)C1.CC(C)(C)OC(=O)N1CCC(c2ccc3c(c2)CN(C2CCC(=O)NC2=O)C3=O)C(C)(C)C1.CC1(C)CNCCC1c1ccc2c(c1)CN(C1CCC(=O)NC1=O)C2=O.CC1(C)OB(c2ccc3c(c2)CN(C2CCC(=O)NC2=O)C3=O)OC1(C)C.Cl. The molecule has 15 amide bonds. The molecule has 4 aromatic rings. The van der Waals surface area contributed by atoms with E-state index in [2.05, 4.69) is 90.5 Å². The molecule has 0 aromatic heterocycles. The van der Waals surface area contributed by atoms with Gasteiger partial charge in [0.15, 0.2) is 0 Å². The van der Waals surface area contributed by atoms with Crippen LogP contribution in [0, 0.1) is 21.7 Å². The van der Waals surface area contributed by atoms with Gasteiger partial charge in [0.25, 0.3) is 23.6 Å². The van der Waals surface area contributed by atoms with Crippen molar-refractivity contribution in [2.24, 2.45) is 21.7 Å². The maximum atomic E-state index is 13.0. The number of fused-ring (bicyclic) bond motifs is 4. The Hall–Kier alpha value is -11.6. The third-order valence-electron chi connectivity index (χ3n) is 28.2. The molecule has 7 saturated heterocycles. The predicted molar refractivity (Wildman–Crippen MR) is 521 cm³/mol. The van der Waals surface area contributed by atoms with Gasteiger partial charge in [0.1, 0.15) is 46.7 Å². The molecule has 0 spiro atoms. The highest BCUT2D eigenvalue weighted by molar-refractivity contribution is 7.87. The van der Waals surface area contributed by atoms with Crippen LogP contribution in [0.15, 0.2) is 90.7 Å². The van der Waals surface area contributed by atoms with Crippen LogP contribution < -0.4 is 32.0 Å². The van der Waals surface area contributed by atoms with Crippen LogP contribution in [0.4, 0.5) is 27.6 Å². The van der Waals surface area contributed by atoms with Crippen LogP contribution in [0.5, 0.6) is 0 Å². The molecule has 6 unspecified atom stereocenters. The molecule has 13 heterocycles. The normalized spacial score (nSPS) is 24.2. The van der Waals surface area contributed by atoms with Crippen molar-refractivity contribution in [1.82, 2.24) is 60.9 Å². The van der Waals surface area contributed by atoms with Gasteiger partial charge in [-0.05, 0) is 244 Å². The summed E-state index contributed by atoms with van der Waals surface area (Å²) < 4.78 is 92.1. The first-order chi connectivity index (χ1) is 65.7. The Balaban J connectivity index is 0.000000160. The van der Waals surface area contributed by atoms with Crippen molar-refractivity contribution in [3.8, 4) is 0 Å². The molecular weight excluding hydrogens is 1900 g/mol. The van der Waals surface area contributed by atoms with E-state index in [1.165, 1.54) is 24.3 Å². The molecule has 35 nitrogen and oxygen atoms in total. The number of likely N-dealkylation sites (tertiary alicyclic amines) is 1. The molecule has 13 aliphatic heterocycles. The number of halogens is 4. The van der Waals surface area contributed by atoms with E-state index in [0.717, 1.165) is 76.4 Å². The lowest BCUT2D eigenvalue weighted by atomic mass is 9.70. The number of benzene rings is 4. The number of nitrogens with one attached hydrogen (secondary N) is 5. The first-order valence-corrected chi connectivity index (χ1v) is 49.7. The Morgan fingerprint density at radius 1 is 0.427 bits per heavy atom. The van der Waals surface area contributed by atoms with E-state index in [0.29, 0.717) is 106 Å². The van der Waals surface area contributed by atoms with Crippen molar-refractivity contribution in [3.05, 3.63) is 152 Å². The molecule has 6 atom stereocenters. The van der Waals surface area contributed by atoms with Gasteiger partial charge in [0.2, 0.25) is 47.3 Å². The van der Waals surface area contributed by atoms with Crippen molar-refractivity contribution in [3.63, 3.8) is 0 Å². The number of nitrogens with zero attached hydrogens (tertiary/aromatic N) is 7. The maximum Gasteiger partial charge on any atom is 0.534 e. The predicted octanol–water partition coefficient (Wildman–Crippen LogP) is 12.0. The average molecular weight is 2030 g/mol. The molecule has 5 N–H and O–H groups in total. The zero-order chi connectivity index (χ0) is 105.